The molecule has 0 saturated heterocycles. The van der Waals surface area contributed by atoms with E-state index in [0.717, 1.165) is 10.0 Å². The third-order valence-corrected chi connectivity index (χ3v) is 3.93. The number of aryl methyl sites for hydroxylation is 1. The summed E-state index contributed by atoms with van der Waals surface area (Å²) in [6.45, 7) is 4.71. The second-order valence-corrected chi connectivity index (χ2v) is 6.10. The number of anilines is 1. The summed E-state index contributed by atoms with van der Waals surface area (Å²) in [5, 5.41) is 13.6. The fraction of sp³-hybridized carbons (Fsp3) is 0.357. The predicted molar refractivity (Wildman–Crippen MR) is 82.1 cm³/mol. The van der Waals surface area contributed by atoms with Crippen LogP contribution in [0.1, 0.15) is 25.8 Å². The maximum absolute atomic E-state index is 11.7. The number of imide groups is 1. The zero-order valence-corrected chi connectivity index (χ0v) is 13.6. The summed E-state index contributed by atoms with van der Waals surface area (Å²) < 4.78 is 0.721. The first-order valence-electron chi connectivity index (χ1n) is 6.23. The van der Waals surface area contributed by atoms with E-state index >= 15 is 0 Å². The Hall–Kier alpha value is -1.89. The summed E-state index contributed by atoms with van der Waals surface area (Å²) in [5.41, 5.74) is 0.234. The predicted octanol–water partition coefficient (Wildman–Crippen LogP) is 2.91. The van der Waals surface area contributed by atoms with Crippen molar-refractivity contribution in [2.75, 3.05) is 5.32 Å². The Morgan fingerprint density at radius 2 is 1.90 bits per heavy atom. The highest BCUT2D eigenvalue weighted by molar-refractivity contribution is 9.10. The number of hydrogen-bond acceptors (Lipinski definition) is 3. The van der Waals surface area contributed by atoms with Crippen LogP contribution in [-0.4, -0.2) is 23.0 Å². The van der Waals surface area contributed by atoms with Gasteiger partial charge in [0.25, 0.3) is 0 Å². The van der Waals surface area contributed by atoms with E-state index in [1.807, 2.05) is 13.0 Å². The van der Waals surface area contributed by atoms with E-state index in [-0.39, 0.29) is 6.42 Å². The van der Waals surface area contributed by atoms with Crippen molar-refractivity contribution < 1.29 is 19.5 Å². The van der Waals surface area contributed by atoms with Gasteiger partial charge in [0, 0.05) is 10.9 Å². The summed E-state index contributed by atoms with van der Waals surface area (Å²) in [6.07, 6.45) is -0.287. The Bertz CT molecular complexity index is 584. The Kier molecular flexibility index (Phi) is 5.48. The van der Waals surface area contributed by atoms with Gasteiger partial charge in [-0.3, -0.25) is 14.9 Å². The lowest BCUT2D eigenvalue weighted by Gasteiger charge is -2.18. The number of amides is 3. The Labute approximate surface area is 131 Å². The van der Waals surface area contributed by atoms with Crippen molar-refractivity contribution in [1.82, 2.24) is 5.32 Å². The van der Waals surface area contributed by atoms with Crippen LogP contribution in [0.15, 0.2) is 22.7 Å². The summed E-state index contributed by atoms with van der Waals surface area (Å²) >= 11 is 3.34. The van der Waals surface area contributed by atoms with Crippen molar-refractivity contribution in [2.24, 2.45) is 5.41 Å². The molecule has 0 heterocycles. The van der Waals surface area contributed by atoms with Crippen LogP contribution in [0.4, 0.5) is 10.5 Å². The maximum atomic E-state index is 11.7. The quantitative estimate of drug-likeness (QED) is 0.772. The van der Waals surface area contributed by atoms with Gasteiger partial charge in [-0.25, -0.2) is 4.79 Å². The van der Waals surface area contributed by atoms with Crippen LogP contribution in [0.2, 0.25) is 0 Å². The number of rotatable bonds is 4. The number of aliphatic carboxylic acids is 1. The molecule has 0 atom stereocenters. The molecule has 0 aliphatic rings. The Morgan fingerprint density at radius 1 is 1.29 bits per heavy atom. The SMILES string of the molecule is Cc1cccc(NC(=O)NC(=O)CC(C)(C)C(=O)O)c1Br. The minimum absolute atomic E-state index is 0.287. The van der Waals surface area contributed by atoms with Crippen molar-refractivity contribution in [3.05, 3.63) is 28.2 Å². The van der Waals surface area contributed by atoms with Crippen LogP contribution in [0.25, 0.3) is 0 Å². The van der Waals surface area contributed by atoms with Gasteiger partial charge in [-0.05, 0) is 48.3 Å². The van der Waals surface area contributed by atoms with E-state index in [0.29, 0.717) is 5.69 Å². The molecule has 0 saturated carbocycles. The molecule has 0 bridgehead atoms. The highest BCUT2D eigenvalue weighted by Gasteiger charge is 2.30. The first-order valence-corrected chi connectivity index (χ1v) is 7.02. The third kappa shape index (κ3) is 4.86. The number of carbonyl (C=O) groups is 3. The number of hydrogen-bond donors (Lipinski definition) is 3. The molecule has 0 spiro atoms. The van der Waals surface area contributed by atoms with Crippen molar-refractivity contribution >= 4 is 39.5 Å². The molecule has 1 aromatic rings. The first-order chi connectivity index (χ1) is 9.63. The second-order valence-electron chi connectivity index (χ2n) is 5.30. The van der Waals surface area contributed by atoms with E-state index in [2.05, 4.69) is 26.6 Å². The summed E-state index contributed by atoms with van der Waals surface area (Å²) in [7, 11) is 0. The van der Waals surface area contributed by atoms with Crippen LogP contribution in [-0.2, 0) is 9.59 Å². The summed E-state index contributed by atoms with van der Waals surface area (Å²) in [4.78, 5) is 34.3. The number of carbonyl (C=O) groups excluding carboxylic acids is 2. The van der Waals surface area contributed by atoms with Gasteiger partial charge in [0.1, 0.15) is 0 Å². The zero-order chi connectivity index (χ0) is 16.2. The molecule has 1 rings (SSSR count). The van der Waals surface area contributed by atoms with Gasteiger partial charge in [0.15, 0.2) is 0 Å². The number of nitrogens with one attached hydrogen (secondary N) is 2. The molecule has 3 amide bonds. The molecular formula is C14H17BrN2O4. The summed E-state index contributed by atoms with van der Waals surface area (Å²) in [5.74, 6) is -1.75. The van der Waals surface area contributed by atoms with Crippen LogP contribution >= 0.6 is 15.9 Å². The molecule has 7 heteroatoms. The fourth-order valence-corrected chi connectivity index (χ4v) is 1.91. The maximum Gasteiger partial charge on any atom is 0.325 e. The Morgan fingerprint density at radius 3 is 2.48 bits per heavy atom. The first kappa shape index (κ1) is 17.2. The van der Waals surface area contributed by atoms with Crippen LogP contribution < -0.4 is 10.6 Å². The van der Waals surface area contributed by atoms with E-state index in [1.54, 1.807) is 12.1 Å². The molecule has 6 nitrogen and oxygen atoms in total. The minimum Gasteiger partial charge on any atom is -0.481 e. The lowest BCUT2D eigenvalue weighted by molar-refractivity contribution is -0.149. The highest BCUT2D eigenvalue weighted by atomic mass is 79.9. The van der Waals surface area contributed by atoms with E-state index in [4.69, 9.17) is 5.11 Å². The van der Waals surface area contributed by atoms with Crippen molar-refractivity contribution in [2.45, 2.75) is 27.2 Å². The summed E-state index contributed by atoms with van der Waals surface area (Å²) in [6, 6.07) is 4.62. The number of urea groups is 1. The largest absolute Gasteiger partial charge is 0.481 e. The number of carboxylic acid groups (broad SMARTS) is 1. The fourth-order valence-electron chi connectivity index (χ4n) is 1.55. The topological polar surface area (TPSA) is 95.5 Å². The van der Waals surface area contributed by atoms with Gasteiger partial charge in [0.05, 0.1) is 11.1 Å². The van der Waals surface area contributed by atoms with Gasteiger partial charge in [-0.15, -0.1) is 0 Å². The normalized spacial score (nSPS) is 10.9. The van der Waals surface area contributed by atoms with E-state index in [1.165, 1.54) is 13.8 Å². The highest BCUT2D eigenvalue weighted by Crippen LogP contribution is 2.25. The third-order valence-electron chi connectivity index (χ3n) is 2.87. The van der Waals surface area contributed by atoms with E-state index in [9.17, 15) is 14.4 Å². The van der Waals surface area contributed by atoms with Crippen molar-refractivity contribution in [3.63, 3.8) is 0 Å². The van der Waals surface area contributed by atoms with Crippen molar-refractivity contribution in [3.8, 4) is 0 Å². The number of benzene rings is 1. The molecule has 21 heavy (non-hydrogen) atoms. The van der Waals surface area contributed by atoms with Gasteiger partial charge in [-0.2, -0.15) is 0 Å². The van der Waals surface area contributed by atoms with Gasteiger partial charge >= 0.3 is 12.0 Å². The molecular weight excluding hydrogens is 340 g/mol. The van der Waals surface area contributed by atoms with Crippen LogP contribution in [0.5, 0.6) is 0 Å². The molecule has 114 valence electrons. The molecule has 1 aromatic carbocycles. The molecule has 0 aromatic heterocycles. The number of carboxylic acids is 1. The smallest absolute Gasteiger partial charge is 0.325 e. The van der Waals surface area contributed by atoms with Gasteiger partial charge in [-0.1, -0.05) is 12.1 Å². The molecule has 0 aliphatic carbocycles. The van der Waals surface area contributed by atoms with Crippen LogP contribution in [0.3, 0.4) is 0 Å². The molecule has 0 radical (unpaired) electrons. The Balaban J connectivity index is 2.64. The molecule has 0 aliphatic heterocycles. The van der Waals surface area contributed by atoms with E-state index < -0.39 is 23.3 Å². The molecule has 3 N–H and O–H groups in total. The lowest BCUT2D eigenvalue weighted by atomic mass is 9.89. The molecule has 0 fully saturated rings. The van der Waals surface area contributed by atoms with Crippen LogP contribution in [0, 0.1) is 12.3 Å². The molecule has 0 unspecified atom stereocenters. The van der Waals surface area contributed by atoms with Gasteiger partial charge in [0.2, 0.25) is 5.91 Å². The van der Waals surface area contributed by atoms with Gasteiger partial charge < -0.3 is 10.4 Å². The minimum atomic E-state index is -1.23. The second kappa shape index (κ2) is 6.71. The average Bonchev–Trinajstić information content (AvgIpc) is 2.33. The van der Waals surface area contributed by atoms with Crippen molar-refractivity contribution in [1.29, 1.82) is 0 Å². The monoisotopic (exact) mass is 356 g/mol. The number of halogens is 1. The standard InChI is InChI=1S/C14H17BrN2O4/c1-8-5-4-6-9(11(8)15)16-13(21)17-10(18)7-14(2,3)12(19)20/h4-6H,7H2,1-3H3,(H,19,20)(H2,16,17,18,21). The average molecular weight is 357 g/mol. The lowest BCUT2D eigenvalue weighted by Crippen LogP contribution is -2.38. The zero-order valence-electron chi connectivity index (χ0n) is 12.0.